The minimum Gasteiger partial charge on any atom is -0.452 e. The molecule has 3 atom stereocenters. The molecule has 2 aromatic rings. The van der Waals surface area contributed by atoms with Crippen LogP contribution in [-0.4, -0.2) is 30.3 Å². The number of carbonyl (C=O) groups excluding carboxylic acids is 4. The number of amides is 3. The first-order valence-electron chi connectivity index (χ1n) is 10.4. The Bertz CT molecular complexity index is 1000. The number of rotatable bonds is 5. The maximum absolute atomic E-state index is 12.8. The van der Waals surface area contributed by atoms with E-state index in [0.29, 0.717) is 17.3 Å². The minimum atomic E-state index is -0.656. The second-order valence-corrected chi connectivity index (χ2v) is 8.18. The zero-order valence-electron chi connectivity index (χ0n) is 17.2. The minimum absolute atomic E-state index is 0.158. The second kappa shape index (κ2) is 8.71. The van der Waals surface area contributed by atoms with Crippen LogP contribution in [0.25, 0.3) is 0 Å². The fraction of sp³-hybridized carbons (Fsp3) is 0.333. The van der Waals surface area contributed by atoms with Crippen molar-refractivity contribution in [2.24, 2.45) is 17.8 Å². The highest BCUT2D eigenvalue weighted by Gasteiger charge is 2.49. The van der Waals surface area contributed by atoms with Crippen LogP contribution >= 0.6 is 0 Å². The summed E-state index contributed by atoms with van der Waals surface area (Å²) < 4.78 is 5.06. The molecule has 0 bridgehead atoms. The third-order valence-corrected chi connectivity index (χ3v) is 5.94. The van der Waals surface area contributed by atoms with Crippen LogP contribution < -0.4 is 10.2 Å². The molecule has 1 saturated heterocycles. The molecule has 2 aliphatic rings. The number of anilines is 2. The first-order valence-corrected chi connectivity index (χ1v) is 10.4. The number of carbonyl (C=O) groups is 4. The molecule has 0 unspecified atom stereocenters. The van der Waals surface area contributed by atoms with Crippen LogP contribution in [0.2, 0.25) is 0 Å². The zero-order valence-corrected chi connectivity index (χ0v) is 17.2. The number of ether oxygens (including phenoxy) is 1. The Morgan fingerprint density at radius 2 is 1.65 bits per heavy atom. The summed E-state index contributed by atoms with van der Waals surface area (Å²) >= 11 is 0. The number of nitrogens with one attached hydrogen (secondary N) is 1. The molecule has 0 aromatic heterocycles. The summed E-state index contributed by atoms with van der Waals surface area (Å²) in [4.78, 5) is 51.0. The summed E-state index contributed by atoms with van der Waals surface area (Å²) in [6, 6.07) is 15.0. The van der Waals surface area contributed by atoms with E-state index in [-0.39, 0.29) is 29.2 Å². The molecule has 1 aliphatic heterocycles. The van der Waals surface area contributed by atoms with Crippen molar-refractivity contribution in [3.8, 4) is 0 Å². The maximum atomic E-state index is 12.8. The van der Waals surface area contributed by atoms with Gasteiger partial charge in [0.15, 0.2) is 6.61 Å². The van der Waals surface area contributed by atoms with Gasteiger partial charge in [-0.3, -0.25) is 19.3 Å². The standard InChI is InChI=1S/C24H24N2O5/c1-15-7-12-19-20(13-15)23(29)26(22(19)28)18-10-8-16(9-11-18)24(30)31-14-21(27)25-17-5-3-2-4-6-17/h2-6,8-11,15,19-20H,7,12-14H2,1H3,(H,25,27)/t15-,19-,20-/m1/s1. The highest BCUT2D eigenvalue weighted by molar-refractivity contribution is 6.22. The van der Waals surface area contributed by atoms with Crippen molar-refractivity contribution < 1.29 is 23.9 Å². The van der Waals surface area contributed by atoms with Crippen molar-refractivity contribution in [2.75, 3.05) is 16.8 Å². The maximum Gasteiger partial charge on any atom is 0.338 e. The number of para-hydroxylation sites is 1. The molecule has 1 heterocycles. The van der Waals surface area contributed by atoms with E-state index in [1.54, 1.807) is 36.4 Å². The lowest BCUT2D eigenvalue weighted by Crippen LogP contribution is -2.30. The third kappa shape index (κ3) is 4.35. The van der Waals surface area contributed by atoms with Crippen LogP contribution in [0.1, 0.15) is 36.5 Å². The van der Waals surface area contributed by atoms with E-state index in [1.807, 2.05) is 6.07 Å². The van der Waals surface area contributed by atoms with Crippen LogP contribution in [0.15, 0.2) is 54.6 Å². The average Bonchev–Trinajstić information content (AvgIpc) is 3.02. The lowest BCUT2D eigenvalue weighted by molar-refractivity contribution is -0.122. The Kier molecular flexibility index (Phi) is 5.84. The van der Waals surface area contributed by atoms with Crippen molar-refractivity contribution in [1.82, 2.24) is 0 Å². The predicted molar refractivity (Wildman–Crippen MR) is 114 cm³/mol. The van der Waals surface area contributed by atoms with E-state index in [9.17, 15) is 19.2 Å². The predicted octanol–water partition coefficient (Wildman–Crippen LogP) is 3.41. The number of nitrogens with zero attached hydrogens (tertiary/aromatic N) is 1. The van der Waals surface area contributed by atoms with Crippen LogP contribution in [-0.2, 0) is 19.1 Å². The summed E-state index contributed by atoms with van der Waals surface area (Å²) in [5.74, 6) is -1.46. The topological polar surface area (TPSA) is 92.8 Å². The first-order chi connectivity index (χ1) is 14.9. The Hall–Kier alpha value is -3.48. The molecule has 0 spiro atoms. The lowest BCUT2D eigenvalue weighted by Gasteiger charge is -2.25. The number of hydrogen-bond acceptors (Lipinski definition) is 5. The molecule has 1 N–H and O–H groups in total. The second-order valence-electron chi connectivity index (χ2n) is 8.18. The Balaban J connectivity index is 1.36. The van der Waals surface area contributed by atoms with Gasteiger partial charge in [-0.25, -0.2) is 4.79 Å². The summed E-state index contributed by atoms with van der Waals surface area (Å²) in [6.07, 6.45) is 2.43. The van der Waals surface area contributed by atoms with Crippen LogP contribution in [0.3, 0.4) is 0 Å². The van der Waals surface area contributed by atoms with Gasteiger partial charge in [-0.2, -0.15) is 0 Å². The first kappa shape index (κ1) is 20.8. The molecule has 7 heteroatoms. The largest absolute Gasteiger partial charge is 0.452 e. The number of esters is 1. The quantitative estimate of drug-likeness (QED) is 0.591. The molecule has 1 saturated carbocycles. The van der Waals surface area contributed by atoms with Gasteiger partial charge < -0.3 is 10.1 Å². The molecule has 1 aliphatic carbocycles. The monoisotopic (exact) mass is 420 g/mol. The molecular formula is C24H24N2O5. The molecule has 160 valence electrons. The molecule has 4 rings (SSSR count). The molecule has 7 nitrogen and oxygen atoms in total. The molecule has 2 aromatic carbocycles. The molecule has 2 fully saturated rings. The van der Waals surface area contributed by atoms with E-state index >= 15 is 0 Å². The van der Waals surface area contributed by atoms with Gasteiger partial charge in [-0.15, -0.1) is 0 Å². The highest BCUT2D eigenvalue weighted by Crippen LogP contribution is 2.42. The summed E-state index contributed by atoms with van der Waals surface area (Å²) in [6.45, 7) is 1.69. The fourth-order valence-corrected chi connectivity index (χ4v) is 4.32. The fourth-order valence-electron chi connectivity index (χ4n) is 4.32. The normalized spacial score (nSPS) is 22.7. The number of benzene rings is 2. The SMILES string of the molecule is C[C@@H]1CC[C@H]2C(=O)N(c3ccc(C(=O)OCC(=O)Nc4ccccc4)cc3)C(=O)[C@@H]2C1. The summed E-state index contributed by atoms with van der Waals surface area (Å²) in [7, 11) is 0. The van der Waals surface area contributed by atoms with Crippen LogP contribution in [0.4, 0.5) is 11.4 Å². The number of fused-ring (bicyclic) bond motifs is 1. The lowest BCUT2D eigenvalue weighted by atomic mass is 9.76. The van der Waals surface area contributed by atoms with Crippen LogP contribution in [0, 0.1) is 17.8 Å². The van der Waals surface area contributed by atoms with E-state index < -0.39 is 18.5 Å². The van der Waals surface area contributed by atoms with Gasteiger partial charge in [-0.1, -0.05) is 25.1 Å². The smallest absolute Gasteiger partial charge is 0.338 e. The van der Waals surface area contributed by atoms with Crippen LogP contribution in [0.5, 0.6) is 0 Å². The van der Waals surface area contributed by atoms with Crippen molar-refractivity contribution in [1.29, 1.82) is 0 Å². The van der Waals surface area contributed by atoms with Crippen molar-refractivity contribution in [2.45, 2.75) is 26.2 Å². The van der Waals surface area contributed by atoms with Gasteiger partial charge >= 0.3 is 5.97 Å². The number of imide groups is 1. The van der Waals surface area contributed by atoms with Gasteiger partial charge in [0.1, 0.15) is 0 Å². The highest BCUT2D eigenvalue weighted by atomic mass is 16.5. The molecular weight excluding hydrogens is 396 g/mol. The average molecular weight is 420 g/mol. The van der Waals surface area contributed by atoms with Gasteiger partial charge in [0, 0.05) is 5.69 Å². The third-order valence-electron chi connectivity index (χ3n) is 5.94. The Morgan fingerprint density at radius 3 is 2.35 bits per heavy atom. The van der Waals surface area contributed by atoms with Crippen molar-refractivity contribution in [3.05, 3.63) is 60.2 Å². The van der Waals surface area contributed by atoms with Gasteiger partial charge in [0.2, 0.25) is 11.8 Å². The van der Waals surface area contributed by atoms with E-state index in [4.69, 9.17) is 4.74 Å². The Morgan fingerprint density at radius 1 is 0.968 bits per heavy atom. The molecule has 0 radical (unpaired) electrons. The van der Waals surface area contributed by atoms with E-state index in [1.165, 1.54) is 17.0 Å². The van der Waals surface area contributed by atoms with Crippen molar-refractivity contribution in [3.63, 3.8) is 0 Å². The summed E-state index contributed by atoms with van der Waals surface area (Å²) in [5.41, 5.74) is 1.31. The van der Waals surface area contributed by atoms with Gasteiger partial charge in [0.25, 0.3) is 5.91 Å². The van der Waals surface area contributed by atoms with Gasteiger partial charge in [0.05, 0.1) is 23.1 Å². The Labute approximate surface area is 180 Å². The van der Waals surface area contributed by atoms with Gasteiger partial charge in [-0.05, 0) is 61.6 Å². The van der Waals surface area contributed by atoms with E-state index in [0.717, 1.165) is 19.3 Å². The zero-order chi connectivity index (χ0) is 22.0. The summed E-state index contributed by atoms with van der Waals surface area (Å²) in [5, 5.41) is 2.63. The van der Waals surface area contributed by atoms with E-state index in [2.05, 4.69) is 12.2 Å². The molecule has 3 amide bonds. The molecule has 31 heavy (non-hydrogen) atoms. The number of hydrogen-bond donors (Lipinski definition) is 1. The van der Waals surface area contributed by atoms with Crippen molar-refractivity contribution >= 4 is 35.1 Å².